The number of thiazole rings is 1. The summed E-state index contributed by atoms with van der Waals surface area (Å²) >= 11 is 1.46. The molecule has 1 atom stereocenters. The highest BCUT2D eigenvalue weighted by molar-refractivity contribution is 7.89. The van der Waals surface area contributed by atoms with Crippen molar-refractivity contribution in [2.75, 3.05) is 0 Å². The third-order valence-electron chi connectivity index (χ3n) is 2.76. The predicted octanol–water partition coefficient (Wildman–Crippen LogP) is 1.98. The smallest absolute Gasteiger partial charge is 0.240 e. The SMILES string of the molecule is Cc1cnc(CNS(=O)(=O)c2ccc(C(C)O)cc2)s1. The van der Waals surface area contributed by atoms with Gasteiger partial charge in [0.25, 0.3) is 0 Å². The zero-order valence-corrected chi connectivity index (χ0v) is 12.8. The van der Waals surface area contributed by atoms with Gasteiger partial charge in [0.15, 0.2) is 0 Å². The molecular weight excluding hydrogens is 296 g/mol. The van der Waals surface area contributed by atoms with Crippen LogP contribution in [0.5, 0.6) is 0 Å². The molecule has 1 unspecified atom stereocenters. The summed E-state index contributed by atoms with van der Waals surface area (Å²) < 4.78 is 26.7. The summed E-state index contributed by atoms with van der Waals surface area (Å²) in [5.41, 5.74) is 0.680. The Hall–Kier alpha value is -1.28. The van der Waals surface area contributed by atoms with Crippen LogP contribution in [0.3, 0.4) is 0 Å². The molecule has 2 aromatic rings. The predicted molar refractivity (Wildman–Crippen MR) is 78.0 cm³/mol. The molecule has 0 aliphatic heterocycles. The van der Waals surface area contributed by atoms with Gasteiger partial charge in [0.2, 0.25) is 10.0 Å². The van der Waals surface area contributed by atoms with Gasteiger partial charge in [0.1, 0.15) is 5.01 Å². The number of aromatic nitrogens is 1. The van der Waals surface area contributed by atoms with E-state index in [1.54, 1.807) is 25.3 Å². The van der Waals surface area contributed by atoms with E-state index in [-0.39, 0.29) is 11.4 Å². The Bertz CT molecular complexity index is 676. The van der Waals surface area contributed by atoms with Crippen molar-refractivity contribution in [2.24, 2.45) is 0 Å². The Morgan fingerprint density at radius 3 is 2.50 bits per heavy atom. The first-order valence-electron chi connectivity index (χ1n) is 6.07. The van der Waals surface area contributed by atoms with E-state index in [0.717, 1.165) is 9.88 Å². The fourth-order valence-corrected chi connectivity index (χ4v) is 3.45. The van der Waals surface area contributed by atoms with Crippen LogP contribution in [0.25, 0.3) is 0 Å². The molecule has 0 fully saturated rings. The van der Waals surface area contributed by atoms with Gasteiger partial charge in [-0.25, -0.2) is 18.1 Å². The zero-order chi connectivity index (χ0) is 14.8. The molecule has 0 saturated carbocycles. The molecule has 7 heteroatoms. The van der Waals surface area contributed by atoms with E-state index in [2.05, 4.69) is 9.71 Å². The normalized spacial score (nSPS) is 13.3. The Morgan fingerprint density at radius 1 is 1.35 bits per heavy atom. The molecule has 2 N–H and O–H groups in total. The minimum absolute atomic E-state index is 0.176. The van der Waals surface area contributed by atoms with Crippen molar-refractivity contribution in [3.63, 3.8) is 0 Å². The van der Waals surface area contributed by atoms with Crippen molar-refractivity contribution in [3.05, 3.63) is 45.9 Å². The first kappa shape index (κ1) is 15.1. The highest BCUT2D eigenvalue weighted by Crippen LogP contribution is 2.17. The Labute approximate surface area is 122 Å². The number of aryl methyl sites for hydroxylation is 1. The van der Waals surface area contributed by atoms with Gasteiger partial charge in [-0.05, 0) is 31.5 Å². The molecule has 0 bridgehead atoms. The van der Waals surface area contributed by atoms with Crippen molar-refractivity contribution >= 4 is 21.4 Å². The number of nitrogens with one attached hydrogen (secondary N) is 1. The first-order valence-corrected chi connectivity index (χ1v) is 8.37. The molecular formula is C13H16N2O3S2. The number of sulfonamides is 1. The van der Waals surface area contributed by atoms with Gasteiger partial charge in [-0.1, -0.05) is 12.1 Å². The Morgan fingerprint density at radius 2 is 2.00 bits per heavy atom. The van der Waals surface area contributed by atoms with Crippen LogP contribution in [0.15, 0.2) is 35.4 Å². The van der Waals surface area contributed by atoms with Gasteiger partial charge in [-0.15, -0.1) is 11.3 Å². The van der Waals surface area contributed by atoms with Crippen LogP contribution in [-0.2, 0) is 16.6 Å². The van der Waals surface area contributed by atoms with Gasteiger partial charge < -0.3 is 5.11 Å². The fraction of sp³-hybridized carbons (Fsp3) is 0.308. The van der Waals surface area contributed by atoms with E-state index in [1.165, 1.54) is 23.5 Å². The molecule has 2 rings (SSSR count). The molecule has 1 aromatic carbocycles. The van der Waals surface area contributed by atoms with Gasteiger partial charge in [-0.3, -0.25) is 0 Å². The lowest BCUT2D eigenvalue weighted by molar-refractivity contribution is 0.199. The molecule has 20 heavy (non-hydrogen) atoms. The van der Waals surface area contributed by atoms with Gasteiger partial charge in [0.05, 0.1) is 17.5 Å². The quantitative estimate of drug-likeness (QED) is 0.885. The minimum Gasteiger partial charge on any atom is -0.389 e. The molecule has 1 heterocycles. The standard InChI is InChI=1S/C13H16N2O3S2/c1-9-7-14-13(19-9)8-15-20(17,18)12-5-3-11(4-6-12)10(2)16/h3-7,10,15-16H,8H2,1-2H3. The zero-order valence-electron chi connectivity index (χ0n) is 11.2. The summed E-state index contributed by atoms with van der Waals surface area (Å²) in [4.78, 5) is 5.33. The molecule has 108 valence electrons. The molecule has 5 nitrogen and oxygen atoms in total. The average Bonchev–Trinajstić information content (AvgIpc) is 2.82. The summed E-state index contributed by atoms with van der Waals surface area (Å²) in [6.45, 7) is 3.73. The largest absolute Gasteiger partial charge is 0.389 e. The molecule has 0 amide bonds. The average molecular weight is 312 g/mol. The lowest BCUT2D eigenvalue weighted by Gasteiger charge is -2.08. The van der Waals surface area contributed by atoms with Crippen molar-refractivity contribution < 1.29 is 13.5 Å². The highest BCUT2D eigenvalue weighted by Gasteiger charge is 2.14. The van der Waals surface area contributed by atoms with Crippen molar-refractivity contribution in [1.29, 1.82) is 0 Å². The monoisotopic (exact) mass is 312 g/mol. The van der Waals surface area contributed by atoms with Gasteiger partial charge in [-0.2, -0.15) is 0 Å². The second kappa shape index (κ2) is 6.01. The van der Waals surface area contributed by atoms with Gasteiger partial charge in [0, 0.05) is 11.1 Å². The van der Waals surface area contributed by atoms with E-state index in [0.29, 0.717) is 5.56 Å². The third-order valence-corrected chi connectivity index (χ3v) is 5.09. The third kappa shape index (κ3) is 3.63. The lowest BCUT2D eigenvalue weighted by Crippen LogP contribution is -2.23. The highest BCUT2D eigenvalue weighted by atomic mass is 32.2. The molecule has 0 radical (unpaired) electrons. The van der Waals surface area contributed by atoms with E-state index < -0.39 is 16.1 Å². The number of aliphatic hydroxyl groups is 1. The Kier molecular flexibility index (Phi) is 4.54. The molecule has 0 saturated heterocycles. The molecule has 0 aliphatic rings. The van der Waals surface area contributed by atoms with Crippen molar-refractivity contribution in [1.82, 2.24) is 9.71 Å². The number of nitrogens with zero attached hydrogens (tertiary/aromatic N) is 1. The first-order chi connectivity index (χ1) is 9.38. The summed E-state index contributed by atoms with van der Waals surface area (Å²) in [5.74, 6) is 0. The van der Waals surface area contributed by atoms with E-state index >= 15 is 0 Å². The minimum atomic E-state index is -3.56. The van der Waals surface area contributed by atoms with Crippen LogP contribution in [0.4, 0.5) is 0 Å². The second-order valence-corrected chi connectivity index (χ2v) is 7.52. The summed E-state index contributed by atoms with van der Waals surface area (Å²) in [5, 5.41) is 10.1. The Balaban J connectivity index is 2.09. The molecule has 1 aromatic heterocycles. The van der Waals surface area contributed by atoms with Crippen LogP contribution >= 0.6 is 11.3 Å². The number of hydrogen-bond donors (Lipinski definition) is 2. The summed E-state index contributed by atoms with van der Waals surface area (Å²) in [6.07, 6.45) is 1.10. The van der Waals surface area contributed by atoms with Crippen LogP contribution in [-0.4, -0.2) is 18.5 Å². The van der Waals surface area contributed by atoms with Crippen LogP contribution < -0.4 is 4.72 Å². The second-order valence-electron chi connectivity index (χ2n) is 4.43. The summed E-state index contributed by atoms with van der Waals surface area (Å²) in [6, 6.07) is 6.18. The maximum atomic E-state index is 12.1. The summed E-state index contributed by atoms with van der Waals surface area (Å²) in [7, 11) is -3.56. The number of aliphatic hydroxyl groups excluding tert-OH is 1. The van der Waals surface area contributed by atoms with E-state index in [9.17, 15) is 13.5 Å². The fourth-order valence-electron chi connectivity index (χ4n) is 1.65. The lowest BCUT2D eigenvalue weighted by atomic mass is 10.1. The topological polar surface area (TPSA) is 79.3 Å². The maximum Gasteiger partial charge on any atom is 0.240 e. The van der Waals surface area contributed by atoms with Crippen LogP contribution in [0.1, 0.15) is 28.5 Å². The van der Waals surface area contributed by atoms with Crippen molar-refractivity contribution in [2.45, 2.75) is 31.4 Å². The molecule has 0 aliphatic carbocycles. The maximum absolute atomic E-state index is 12.1. The molecule has 0 spiro atoms. The van der Waals surface area contributed by atoms with Crippen LogP contribution in [0, 0.1) is 6.92 Å². The number of benzene rings is 1. The van der Waals surface area contributed by atoms with Crippen LogP contribution in [0.2, 0.25) is 0 Å². The van der Waals surface area contributed by atoms with E-state index in [1.807, 2.05) is 6.92 Å². The number of rotatable bonds is 5. The van der Waals surface area contributed by atoms with E-state index in [4.69, 9.17) is 0 Å². The van der Waals surface area contributed by atoms with Crippen molar-refractivity contribution in [3.8, 4) is 0 Å². The van der Waals surface area contributed by atoms with Gasteiger partial charge >= 0.3 is 0 Å². The number of hydrogen-bond acceptors (Lipinski definition) is 5.